The van der Waals surface area contributed by atoms with E-state index in [1.807, 2.05) is 18.2 Å². The minimum absolute atomic E-state index is 0.0414. The maximum Gasteiger partial charge on any atom is 0.175 e. The van der Waals surface area contributed by atoms with Gasteiger partial charge in [-0.1, -0.05) is 41.6 Å². The molecule has 2 heterocycles. The molecule has 0 radical (unpaired) electrons. The predicted octanol–water partition coefficient (Wildman–Crippen LogP) is 4.80. The summed E-state index contributed by atoms with van der Waals surface area (Å²) in [5.41, 5.74) is -1.07. The summed E-state index contributed by atoms with van der Waals surface area (Å²) in [5.74, 6) is -1.10. The molecule has 0 bridgehead atoms. The second kappa shape index (κ2) is 8.99. The van der Waals surface area contributed by atoms with Gasteiger partial charge >= 0.3 is 0 Å². The normalized spacial score (nSPS) is 14.4. The predicted molar refractivity (Wildman–Crippen MR) is 116 cm³/mol. The van der Waals surface area contributed by atoms with Crippen LogP contribution in [0.4, 0.5) is 8.78 Å². The van der Waals surface area contributed by atoms with Crippen LogP contribution in [0.2, 0.25) is 5.02 Å². The lowest BCUT2D eigenvalue weighted by atomic mass is 9.90. The van der Waals surface area contributed by atoms with Gasteiger partial charge in [-0.15, -0.1) is 0 Å². The van der Waals surface area contributed by atoms with Crippen LogP contribution in [-0.2, 0) is 12.1 Å². The third-order valence-electron chi connectivity index (χ3n) is 4.74. The van der Waals surface area contributed by atoms with Gasteiger partial charge in [0, 0.05) is 22.4 Å². The summed E-state index contributed by atoms with van der Waals surface area (Å²) >= 11 is 8.61. The Kier molecular flexibility index (Phi) is 6.33. The lowest BCUT2D eigenvalue weighted by molar-refractivity contribution is 0.0133. The molecule has 4 aromatic rings. The number of benzene rings is 2. The molecule has 11 heteroatoms. The number of rotatable bonds is 7. The highest BCUT2D eigenvalue weighted by molar-refractivity contribution is 8.01. The van der Waals surface area contributed by atoms with Crippen molar-refractivity contribution < 1.29 is 13.9 Å². The molecule has 0 saturated carbocycles. The molecule has 0 saturated heterocycles. The molecule has 160 valence electrons. The summed E-state index contributed by atoms with van der Waals surface area (Å²) < 4.78 is 34.4. The van der Waals surface area contributed by atoms with E-state index in [-0.39, 0.29) is 12.1 Å². The number of halogens is 3. The standard InChI is InChI=1S/C20H16ClF2N5OS2/c1-12(30-19-26-18(27-31-19)14-4-2-3-5-16(14)21)20(29,9-28-11-24-10-25-28)15-7-6-13(22)8-17(15)23/h2-8,10-12,29H,9H2,1H3/t12-,20?/m1/s1. The second-order valence-corrected chi connectivity index (χ2v) is 9.51. The average molecular weight is 480 g/mol. The molecule has 1 N–H and O–H groups in total. The number of hydrogen-bond donors (Lipinski definition) is 1. The Morgan fingerprint density at radius 3 is 2.77 bits per heavy atom. The van der Waals surface area contributed by atoms with Crippen molar-refractivity contribution in [1.82, 2.24) is 24.1 Å². The van der Waals surface area contributed by atoms with E-state index in [0.29, 0.717) is 20.8 Å². The minimum atomic E-state index is -1.73. The lowest BCUT2D eigenvalue weighted by Crippen LogP contribution is -2.41. The zero-order valence-electron chi connectivity index (χ0n) is 16.1. The van der Waals surface area contributed by atoms with Gasteiger partial charge in [-0.05, 0) is 36.7 Å². The summed E-state index contributed by atoms with van der Waals surface area (Å²) in [6.07, 6.45) is 2.74. The third-order valence-corrected chi connectivity index (χ3v) is 7.13. The lowest BCUT2D eigenvalue weighted by Gasteiger charge is -2.33. The molecular weight excluding hydrogens is 464 g/mol. The summed E-state index contributed by atoms with van der Waals surface area (Å²) in [6.45, 7) is 1.65. The maximum atomic E-state index is 14.6. The highest BCUT2D eigenvalue weighted by Crippen LogP contribution is 2.40. The molecule has 0 aliphatic carbocycles. The average Bonchev–Trinajstić information content (AvgIpc) is 3.40. The first-order chi connectivity index (χ1) is 14.9. The van der Waals surface area contributed by atoms with E-state index in [1.165, 1.54) is 35.2 Å². The van der Waals surface area contributed by atoms with E-state index in [1.54, 1.807) is 13.0 Å². The van der Waals surface area contributed by atoms with E-state index in [2.05, 4.69) is 19.4 Å². The number of nitrogens with zero attached hydrogens (tertiary/aromatic N) is 5. The first kappa shape index (κ1) is 21.8. The molecule has 2 aromatic carbocycles. The maximum absolute atomic E-state index is 14.6. The Hall–Kier alpha value is -2.40. The molecule has 4 rings (SSSR count). The quantitative estimate of drug-likeness (QED) is 0.384. The molecule has 2 atom stereocenters. The molecule has 0 amide bonds. The van der Waals surface area contributed by atoms with Crippen molar-refractivity contribution in [2.75, 3.05) is 0 Å². The molecule has 2 aromatic heterocycles. The summed E-state index contributed by atoms with van der Waals surface area (Å²) in [5, 5.41) is 15.5. The van der Waals surface area contributed by atoms with Crippen LogP contribution in [0.15, 0.2) is 59.5 Å². The molecule has 0 spiro atoms. The van der Waals surface area contributed by atoms with Gasteiger partial charge < -0.3 is 5.11 Å². The number of hydrogen-bond acceptors (Lipinski definition) is 7. The van der Waals surface area contributed by atoms with Gasteiger partial charge in [0.15, 0.2) is 10.2 Å². The monoisotopic (exact) mass is 479 g/mol. The van der Waals surface area contributed by atoms with Crippen LogP contribution in [0.1, 0.15) is 12.5 Å². The first-order valence-corrected chi connectivity index (χ1v) is 11.2. The second-order valence-electron chi connectivity index (χ2n) is 6.77. The fourth-order valence-electron chi connectivity index (χ4n) is 3.09. The van der Waals surface area contributed by atoms with E-state index in [4.69, 9.17) is 11.6 Å². The Labute approximate surface area is 190 Å². The van der Waals surface area contributed by atoms with Gasteiger partial charge in [0.2, 0.25) is 0 Å². The summed E-state index contributed by atoms with van der Waals surface area (Å²) in [4.78, 5) is 8.38. The van der Waals surface area contributed by atoms with Gasteiger partial charge in [0.1, 0.15) is 29.9 Å². The minimum Gasteiger partial charge on any atom is -0.382 e. The van der Waals surface area contributed by atoms with E-state index < -0.39 is 22.5 Å². The van der Waals surface area contributed by atoms with Crippen molar-refractivity contribution in [3.05, 3.63) is 77.3 Å². The van der Waals surface area contributed by atoms with Gasteiger partial charge in [-0.3, -0.25) is 0 Å². The summed E-state index contributed by atoms with van der Waals surface area (Å²) in [6, 6.07) is 10.3. The molecule has 0 aliphatic rings. The molecule has 1 unspecified atom stereocenters. The largest absolute Gasteiger partial charge is 0.382 e. The number of thioether (sulfide) groups is 1. The number of aromatic nitrogens is 5. The van der Waals surface area contributed by atoms with Crippen LogP contribution in [0, 0.1) is 11.6 Å². The van der Waals surface area contributed by atoms with Gasteiger partial charge in [0.25, 0.3) is 0 Å². The van der Waals surface area contributed by atoms with Crippen LogP contribution in [0.3, 0.4) is 0 Å². The van der Waals surface area contributed by atoms with E-state index >= 15 is 0 Å². The van der Waals surface area contributed by atoms with E-state index in [0.717, 1.165) is 23.7 Å². The fourth-order valence-corrected chi connectivity index (χ4v) is 5.30. The molecule has 31 heavy (non-hydrogen) atoms. The topological polar surface area (TPSA) is 76.7 Å². The SMILES string of the molecule is C[C@@H](Sc1nc(-c2ccccc2Cl)ns1)C(O)(Cn1cncn1)c1ccc(F)cc1F. The van der Waals surface area contributed by atoms with Crippen LogP contribution in [0.5, 0.6) is 0 Å². The molecule has 0 fully saturated rings. The van der Waals surface area contributed by atoms with Crippen molar-refractivity contribution in [3.63, 3.8) is 0 Å². The highest BCUT2D eigenvalue weighted by Gasteiger charge is 2.40. The van der Waals surface area contributed by atoms with Gasteiger partial charge in [-0.2, -0.15) is 9.47 Å². The zero-order valence-corrected chi connectivity index (χ0v) is 18.5. The van der Waals surface area contributed by atoms with Crippen LogP contribution < -0.4 is 0 Å². The number of aliphatic hydroxyl groups is 1. The van der Waals surface area contributed by atoms with Crippen molar-refractivity contribution in [2.24, 2.45) is 0 Å². The Bertz CT molecular complexity index is 1190. The molecular formula is C20H16ClF2N5OS2. The van der Waals surface area contributed by atoms with Gasteiger partial charge in [0.05, 0.1) is 11.6 Å². The van der Waals surface area contributed by atoms with Gasteiger partial charge in [-0.25, -0.2) is 23.4 Å². The molecule has 6 nitrogen and oxygen atoms in total. The van der Waals surface area contributed by atoms with Crippen LogP contribution in [-0.4, -0.2) is 34.5 Å². The first-order valence-electron chi connectivity index (χ1n) is 9.12. The highest BCUT2D eigenvalue weighted by atomic mass is 35.5. The van der Waals surface area contributed by atoms with Crippen LogP contribution in [0.25, 0.3) is 11.4 Å². The Balaban J connectivity index is 1.65. The van der Waals surface area contributed by atoms with E-state index in [9.17, 15) is 13.9 Å². The fraction of sp³-hybridized carbons (Fsp3) is 0.200. The Morgan fingerprint density at radius 2 is 2.06 bits per heavy atom. The third kappa shape index (κ3) is 4.62. The van der Waals surface area contributed by atoms with Crippen molar-refractivity contribution >= 4 is 34.9 Å². The van der Waals surface area contributed by atoms with Crippen molar-refractivity contribution in [3.8, 4) is 11.4 Å². The summed E-state index contributed by atoms with van der Waals surface area (Å²) in [7, 11) is 0. The van der Waals surface area contributed by atoms with Crippen molar-refractivity contribution in [2.45, 2.75) is 28.7 Å². The van der Waals surface area contributed by atoms with Crippen LogP contribution >= 0.6 is 34.9 Å². The Morgan fingerprint density at radius 1 is 1.26 bits per heavy atom. The smallest absolute Gasteiger partial charge is 0.175 e. The zero-order chi connectivity index (χ0) is 22.0. The van der Waals surface area contributed by atoms with Crippen molar-refractivity contribution in [1.29, 1.82) is 0 Å². The molecule has 0 aliphatic heterocycles.